The fourth-order valence-corrected chi connectivity index (χ4v) is 4.53. The molecule has 5 rings (SSSR count). The lowest BCUT2D eigenvalue weighted by Crippen LogP contribution is -2.63. The molecule has 1 atom stereocenters. The summed E-state index contributed by atoms with van der Waals surface area (Å²) in [5, 5.41) is 2.27. The number of rotatable bonds is 1. The van der Waals surface area contributed by atoms with Gasteiger partial charge < -0.3 is 15.1 Å². The maximum absolute atomic E-state index is 11.8. The van der Waals surface area contributed by atoms with Gasteiger partial charge in [-0.15, -0.1) is 0 Å². The van der Waals surface area contributed by atoms with E-state index >= 15 is 0 Å². The number of fused-ring (bicyclic) bond motifs is 4. The molecule has 1 fully saturated rings. The third-order valence-corrected chi connectivity index (χ3v) is 6.17. The molecule has 28 heavy (non-hydrogen) atoms. The highest BCUT2D eigenvalue weighted by molar-refractivity contribution is 5.73. The second-order valence-electron chi connectivity index (χ2n) is 7.97. The molecule has 3 heterocycles. The third kappa shape index (κ3) is 2.69. The molecule has 144 valence electrons. The van der Waals surface area contributed by atoms with Crippen molar-refractivity contribution in [3.8, 4) is 5.75 Å². The van der Waals surface area contributed by atoms with Crippen molar-refractivity contribution in [1.82, 2.24) is 15.3 Å². The summed E-state index contributed by atoms with van der Waals surface area (Å²) >= 11 is 0. The van der Waals surface area contributed by atoms with Crippen molar-refractivity contribution in [2.75, 3.05) is 13.1 Å². The molecular weight excluding hydrogens is 350 g/mol. The molecule has 1 amide bonds. The van der Waals surface area contributed by atoms with E-state index in [-0.39, 0.29) is 11.9 Å². The van der Waals surface area contributed by atoms with Gasteiger partial charge in [-0.05, 0) is 24.6 Å². The summed E-state index contributed by atoms with van der Waals surface area (Å²) in [5.74, 6) is 1.08. The molecule has 3 aliphatic heterocycles. The summed E-state index contributed by atoms with van der Waals surface area (Å²) in [6, 6.07) is 17.0. The fraction of sp³-hybridized carbons (Fsp3) is 0.348. The first-order valence-electron chi connectivity index (χ1n) is 9.94. The Morgan fingerprint density at radius 2 is 1.82 bits per heavy atom. The zero-order chi connectivity index (χ0) is 19.3. The van der Waals surface area contributed by atoms with Crippen LogP contribution in [-0.2, 0) is 4.79 Å². The van der Waals surface area contributed by atoms with Crippen LogP contribution in [0.5, 0.6) is 5.75 Å². The zero-order valence-electron chi connectivity index (χ0n) is 16.3. The van der Waals surface area contributed by atoms with Crippen LogP contribution >= 0.6 is 0 Å². The number of hydrazine groups is 1. The maximum atomic E-state index is 11.8. The van der Waals surface area contributed by atoms with Crippen molar-refractivity contribution in [2.24, 2.45) is 0 Å². The lowest BCUT2D eigenvalue weighted by atomic mass is 9.92. The molecule has 0 aromatic heterocycles. The molecule has 2 aromatic rings. The molecule has 5 heteroatoms. The monoisotopic (exact) mass is 375 g/mol. The van der Waals surface area contributed by atoms with Crippen molar-refractivity contribution in [1.29, 1.82) is 0 Å². The molecule has 3 aliphatic rings. The van der Waals surface area contributed by atoms with Crippen LogP contribution in [0.25, 0.3) is 5.70 Å². The van der Waals surface area contributed by atoms with Crippen LogP contribution < -0.4 is 10.2 Å². The molecule has 5 nitrogen and oxygen atoms in total. The van der Waals surface area contributed by atoms with Crippen LogP contribution in [0.1, 0.15) is 42.5 Å². The standard InChI is InChI=1S/C23H25N3O2/c1-16-7-9-18(10-8-16)20-15-21-19-5-3-4-6-22(19)28-23(26(21)24-20)11-13-25(14-12-23)17(2)27/h3-10,15,21,24H,11-14H2,1-2H3/t21-/m1/s1. The van der Waals surface area contributed by atoms with Crippen molar-refractivity contribution in [3.63, 3.8) is 0 Å². The maximum Gasteiger partial charge on any atom is 0.219 e. The quantitative estimate of drug-likeness (QED) is 0.827. The van der Waals surface area contributed by atoms with Gasteiger partial charge in [-0.2, -0.15) is 5.01 Å². The largest absolute Gasteiger partial charge is 0.470 e. The molecule has 0 radical (unpaired) electrons. The van der Waals surface area contributed by atoms with Crippen LogP contribution in [0.2, 0.25) is 0 Å². The average molecular weight is 375 g/mol. The minimum Gasteiger partial charge on any atom is -0.470 e. The van der Waals surface area contributed by atoms with E-state index in [1.165, 1.54) is 16.7 Å². The minimum absolute atomic E-state index is 0.116. The summed E-state index contributed by atoms with van der Waals surface area (Å²) in [5.41, 5.74) is 7.90. The Labute approximate surface area is 165 Å². The third-order valence-electron chi connectivity index (χ3n) is 6.17. The number of hydrogen-bond acceptors (Lipinski definition) is 4. The molecule has 0 bridgehead atoms. The SMILES string of the molecule is CC(=O)N1CCC2(CC1)Oc1ccccc1[C@H]1C=C(c3ccc(C)cc3)NN12. The van der Waals surface area contributed by atoms with E-state index < -0.39 is 5.72 Å². The summed E-state index contributed by atoms with van der Waals surface area (Å²) in [4.78, 5) is 13.7. The number of carbonyl (C=O) groups is 1. The van der Waals surface area contributed by atoms with Crippen molar-refractivity contribution in [2.45, 2.75) is 38.5 Å². The van der Waals surface area contributed by atoms with Crippen molar-refractivity contribution < 1.29 is 9.53 Å². The number of benzene rings is 2. The van der Waals surface area contributed by atoms with Crippen molar-refractivity contribution >= 4 is 11.6 Å². The van der Waals surface area contributed by atoms with E-state index in [0.29, 0.717) is 13.1 Å². The molecular formula is C23H25N3O2. The number of piperidine rings is 1. The first kappa shape index (κ1) is 17.3. The Morgan fingerprint density at radius 3 is 2.54 bits per heavy atom. The van der Waals surface area contributed by atoms with Gasteiger partial charge >= 0.3 is 0 Å². The van der Waals surface area contributed by atoms with Crippen LogP contribution in [0.15, 0.2) is 54.6 Å². The highest BCUT2D eigenvalue weighted by Gasteiger charge is 2.51. The average Bonchev–Trinajstić information content (AvgIpc) is 3.16. The molecule has 1 spiro atoms. The Morgan fingerprint density at radius 1 is 1.11 bits per heavy atom. The number of aryl methyl sites for hydroxylation is 1. The van der Waals surface area contributed by atoms with Crippen LogP contribution in [-0.4, -0.2) is 34.6 Å². The van der Waals surface area contributed by atoms with Gasteiger partial charge in [-0.25, -0.2) is 0 Å². The predicted molar refractivity (Wildman–Crippen MR) is 108 cm³/mol. The Bertz CT molecular complexity index is 943. The van der Waals surface area contributed by atoms with Gasteiger partial charge in [0.1, 0.15) is 5.75 Å². The van der Waals surface area contributed by atoms with Gasteiger partial charge in [0.05, 0.1) is 11.7 Å². The summed E-state index contributed by atoms with van der Waals surface area (Å²) < 4.78 is 6.60. The molecule has 0 saturated carbocycles. The number of ether oxygens (including phenoxy) is 1. The molecule has 1 saturated heterocycles. The van der Waals surface area contributed by atoms with Crippen LogP contribution in [0.4, 0.5) is 0 Å². The van der Waals surface area contributed by atoms with Gasteiger partial charge in [0.15, 0.2) is 5.72 Å². The first-order chi connectivity index (χ1) is 13.6. The highest BCUT2D eigenvalue weighted by atomic mass is 16.5. The lowest BCUT2D eigenvalue weighted by Gasteiger charge is -2.51. The highest BCUT2D eigenvalue weighted by Crippen LogP contribution is 2.48. The van der Waals surface area contributed by atoms with E-state index in [0.717, 1.165) is 24.3 Å². The van der Waals surface area contributed by atoms with E-state index in [1.807, 2.05) is 11.0 Å². The normalized spacial score (nSPS) is 22.7. The molecule has 1 N–H and O–H groups in total. The van der Waals surface area contributed by atoms with Gasteiger partial charge in [0, 0.05) is 38.4 Å². The van der Waals surface area contributed by atoms with Gasteiger partial charge in [-0.3, -0.25) is 4.79 Å². The van der Waals surface area contributed by atoms with E-state index in [2.05, 4.69) is 65.9 Å². The number of nitrogens with one attached hydrogen (secondary N) is 1. The summed E-state index contributed by atoms with van der Waals surface area (Å²) in [6.07, 6.45) is 3.85. The van der Waals surface area contributed by atoms with Gasteiger partial charge in [-0.1, -0.05) is 48.0 Å². The zero-order valence-corrected chi connectivity index (χ0v) is 16.3. The number of carbonyl (C=O) groups excluding carboxylic acids is 1. The van der Waals surface area contributed by atoms with E-state index in [9.17, 15) is 4.79 Å². The van der Waals surface area contributed by atoms with E-state index in [4.69, 9.17) is 4.74 Å². The Balaban J connectivity index is 1.52. The molecule has 2 aromatic carbocycles. The number of nitrogens with zero attached hydrogens (tertiary/aromatic N) is 2. The Hall–Kier alpha value is -2.79. The van der Waals surface area contributed by atoms with E-state index in [1.54, 1.807) is 6.92 Å². The Kier molecular flexibility index (Phi) is 3.95. The summed E-state index contributed by atoms with van der Waals surface area (Å²) in [7, 11) is 0. The predicted octanol–water partition coefficient (Wildman–Crippen LogP) is 3.63. The smallest absolute Gasteiger partial charge is 0.219 e. The number of hydrogen-bond donors (Lipinski definition) is 1. The number of likely N-dealkylation sites (tertiary alicyclic amines) is 1. The molecule has 0 unspecified atom stereocenters. The topological polar surface area (TPSA) is 44.8 Å². The minimum atomic E-state index is -0.450. The van der Waals surface area contributed by atoms with Crippen molar-refractivity contribution in [3.05, 3.63) is 71.3 Å². The lowest BCUT2D eigenvalue weighted by molar-refractivity contribution is -0.165. The molecule has 0 aliphatic carbocycles. The fourth-order valence-electron chi connectivity index (χ4n) is 4.53. The second kappa shape index (κ2) is 6.38. The van der Waals surface area contributed by atoms with Crippen LogP contribution in [0, 0.1) is 6.92 Å². The van der Waals surface area contributed by atoms with Crippen LogP contribution in [0.3, 0.4) is 0 Å². The second-order valence-corrected chi connectivity index (χ2v) is 7.97. The van der Waals surface area contributed by atoms with Gasteiger partial charge in [0.2, 0.25) is 5.91 Å². The number of amides is 1. The summed E-state index contributed by atoms with van der Waals surface area (Å²) in [6.45, 7) is 5.17. The van der Waals surface area contributed by atoms with Gasteiger partial charge in [0.25, 0.3) is 0 Å². The number of para-hydroxylation sites is 1. The first-order valence-corrected chi connectivity index (χ1v) is 9.94.